The number of hydrogen-bond acceptors (Lipinski definition) is 3. The van der Waals surface area contributed by atoms with Gasteiger partial charge in [-0.25, -0.2) is 0 Å². The van der Waals surface area contributed by atoms with Crippen LogP contribution < -0.4 is 0 Å². The molecule has 0 aliphatic carbocycles. The van der Waals surface area contributed by atoms with E-state index in [2.05, 4.69) is 36.1 Å². The second-order valence-corrected chi connectivity index (χ2v) is 7.52. The molecule has 0 aromatic carbocycles. The fraction of sp³-hybridized carbons (Fsp3) is 0.826. The summed E-state index contributed by atoms with van der Waals surface area (Å²) in [6.07, 6.45) is 24.4. The van der Waals surface area contributed by atoms with E-state index in [0.717, 1.165) is 26.0 Å². The van der Waals surface area contributed by atoms with Gasteiger partial charge in [0.1, 0.15) is 0 Å². The molecule has 1 atom stereocenters. The summed E-state index contributed by atoms with van der Waals surface area (Å²) in [5.74, 6) is 0. The van der Waals surface area contributed by atoms with E-state index in [-0.39, 0.29) is 12.7 Å². The van der Waals surface area contributed by atoms with E-state index in [1.165, 1.54) is 64.2 Å². The summed E-state index contributed by atoms with van der Waals surface area (Å²) in [6, 6.07) is 0. The molecule has 26 heavy (non-hydrogen) atoms. The van der Waals surface area contributed by atoms with Crippen LogP contribution in [0.3, 0.4) is 0 Å². The third kappa shape index (κ3) is 19.7. The molecule has 0 amide bonds. The van der Waals surface area contributed by atoms with Crippen LogP contribution in [-0.2, 0) is 4.74 Å². The first kappa shape index (κ1) is 25.4. The molecule has 0 heterocycles. The average Bonchev–Trinajstić information content (AvgIpc) is 2.63. The van der Waals surface area contributed by atoms with E-state index in [0.29, 0.717) is 0 Å². The van der Waals surface area contributed by atoms with Crippen LogP contribution in [0.4, 0.5) is 0 Å². The van der Waals surface area contributed by atoms with E-state index in [1.54, 1.807) is 0 Å². The molecule has 3 nitrogen and oxygen atoms in total. The Hall–Kier alpha value is -0.640. The topological polar surface area (TPSA) is 32.7 Å². The largest absolute Gasteiger partial charge is 0.394 e. The summed E-state index contributed by atoms with van der Waals surface area (Å²) in [7, 11) is 4.01. The van der Waals surface area contributed by atoms with Gasteiger partial charge in [0.2, 0.25) is 0 Å². The Morgan fingerprint density at radius 2 is 1.38 bits per heavy atom. The molecule has 0 rings (SSSR count). The first-order chi connectivity index (χ1) is 12.7. The number of unbranched alkanes of at least 4 members (excludes halogenated alkanes) is 9. The number of aliphatic hydroxyl groups excluding tert-OH is 1. The lowest BCUT2D eigenvalue weighted by molar-refractivity contribution is -0.00224. The fourth-order valence-electron chi connectivity index (χ4n) is 2.91. The van der Waals surface area contributed by atoms with Crippen molar-refractivity contribution >= 4 is 0 Å². The van der Waals surface area contributed by atoms with Gasteiger partial charge in [-0.2, -0.15) is 0 Å². The highest BCUT2D eigenvalue weighted by molar-refractivity contribution is 4.92. The van der Waals surface area contributed by atoms with Crippen LogP contribution in [0.25, 0.3) is 0 Å². The maximum Gasteiger partial charge on any atom is 0.0931 e. The van der Waals surface area contributed by atoms with Crippen LogP contribution in [0.2, 0.25) is 0 Å². The molecule has 0 aromatic rings. The number of allylic oxidation sites excluding steroid dienone is 4. The van der Waals surface area contributed by atoms with Gasteiger partial charge >= 0.3 is 0 Å². The Kier molecular flexibility index (Phi) is 20.2. The van der Waals surface area contributed by atoms with Crippen LogP contribution in [0.5, 0.6) is 0 Å². The van der Waals surface area contributed by atoms with Crippen molar-refractivity contribution in [2.45, 2.75) is 90.1 Å². The molecule has 1 N–H and O–H groups in total. The lowest BCUT2D eigenvalue weighted by Crippen LogP contribution is -2.31. The van der Waals surface area contributed by atoms with Crippen LogP contribution in [0, 0.1) is 0 Å². The van der Waals surface area contributed by atoms with E-state index < -0.39 is 0 Å². The van der Waals surface area contributed by atoms with E-state index >= 15 is 0 Å². The minimum absolute atomic E-state index is 0.0389. The zero-order valence-electron chi connectivity index (χ0n) is 17.8. The number of ether oxygens (including phenoxy) is 1. The molecule has 0 radical (unpaired) electrons. The molecule has 0 spiro atoms. The number of nitrogens with zero attached hydrogens (tertiary/aromatic N) is 1. The van der Waals surface area contributed by atoms with Crippen LogP contribution >= 0.6 is 0 Å². The predicted octanol–water partition coefficient (Wildman–Crippen LogP) is 5.74. The number of rotatable bonds is 19. The summed E-state index contributed by atoms with van der Waals surface area (Å²) in [6.45, 7) is 3.93. The van der Waals surface area contributed by atoms with E-state index in [4.69, 9.17) is 4.74 Å². The first-order valence-corrected chi connectivity index (χ1v) is 10.9. The number of hydrogen-bond donors (Lipinski definition) is 1. The highest BCUT2D eigenvalue weighted by atomic mass is 16.5. The molecule has 154 valence electrons. The Balaban J connectivity index is 3.29. The maximum atomic E-state index is 9.25. The molecule has 0 bridgehead atoms. The van der Waals surface area contributed by atoms with Crippen molar-refractivity contribution in [3.63, 3.8) is 0 Å². The molecule has 1 unspecified atom stereocenters. The lowest BCUT2D eigenvalue weighted by Gasteiger charge is -2.19. The summed E-state index contributed by atoms with van der Waals surface area (Å²) in [5.41, 5.74) is 0. The van der Waals surface area contributed by atoms with Crippen molar-refractivity contribution in [1.29, 1.82) is 0 Å². The van der Waals surface area contributed by atoms with Gasteiger partial charge in [-0.05, 0) is 52.6 Å². The predicted molar refractivity (Wildman–Crippen MR) is 115 cm³/mol. The molecule has 0 saturated carbocycles. The Morgan fingerprint density at radius 1 is 0.808 bits per heavy atom. The standard InChI is InChI=1S/C23H45NO2/c1-4-5-6-7-8-9-10-11-12-13-14-15-16-17-18-19-20-26-23(22-25)21-24(2)3/h8-9,11-12,23,25H,4-7,10,13-22H2,1-3H3/b9-8-,12-11-. The number of aliphatic hydroxyl groups is 1. The van der Waals surface area contributed by atoms with Crippen molar-refractivity contribution in [1.82, 2.24) is 4.90 Å². The van der Waals surface area contributed by atoms with Crippen LogP contribution in [0.15, 0.2) is 24.3 Å². The van der Waals surface area contributed by atoms with Gasteiger partial charge in [0.15, 0.2) is 0 Å². The zero-order chi connectivity index (χ0) is 19.3. The molecule has 0 aliphatic rings. The van der Waals surface area contributed by atoms with Crippen LogP contribution in [-0.4, -0.2) is 50.0 Å². The molecule has 3 heteroatoms. The van der Waals surface area contributed by atoms with Crippen molar-refractivity contribution < 1.29 is 9.84 Å². The monoisotopic (exact) mass is 367 g/mol. The summed E-state index contributed by atoms with van der Waals surface area (Å²) < 4.78 is 5.71. The zero-order valence-corrected chi connectivity index (χ0v) is 17.8. The van der Waals surface area contributed by atoms with Crippen molar-refractivity contribution in [3.05, 3.63) is 24.3 Å². The fourth-order valence-corrected chi connectivity index (χ4v) is 2.91. The van der Waals surface area contributed by atoms with Gasteiger partial charge in [0, 0.05) is 13.2 Å². The van der Waals surface area contributed by atoms with Gasteiger partial charge in [0.05, 0.1) is 12.7 Å². The molecular formula is C23H45NO2. The van der Waals surface area contributed by atoms with Gasteiger partial charge in [-0.1, -0.05) is 69.8 Å². The second kappa shape index (κ2) is 20.7. The van der Waals surface area contributed by atoms with Gasteiger partial charge in [-0.3, -0.25) is 0 Å². The van der Waals surface area contributed by atoms with E-state index in [9.17, 15) is 5.11 Å². The molecule has 0 aromatic heterocycles. The Morgan fingerprint density at radius 3 is 1.96 bits per heavy atom. The maximum absolute atomic E-state index is 9.25. The first-order valence-electron chi connectivity index (χ1n) is 10.9. The second-order valence-electron chi connectivity index (χ2n) is 7.52. The van der Waals surface area contributed by atoms with Gasteiger partial charge in [0.25, 0.3) is 0 Å². The highest BCUT2D eigenvalue weighted by Crippen LogP contribution is 2.08. The lowest BCUT2D eigenvalue weighted by atomic mass is 10.1. The smallest absolute Gasteiger partial charge is 0.0931 e. The summed E-state index contributed by atoms with van der Waals surface area (Å²) >= 11 is 0. The molecule has 0 fully saturated rings. The molecule has 0 saturated heterocycles. The van der Waals surface area contributed by atoms with Gasteiger partial charge in [-0.15, -0.1) is 0 Å². The molecule has 0 aliphatic heterocycles. The minimum atomic E-state index is -0.0389. The Labute approximate surface area is 163 Å². The van der Waals surface area contributed by atoms with Crippen LogP contribution in [0.1, 0.15) is 84.0 Å². The molecular weight excluding hydrogens is 322 g/mol. The quantitative estimate of drug-likeness (QED) is 0.233. The third-order valence-electron chi connectivity index (χ3n) is 4.47. The SMILES string of the molecule is CCCCC/C=C\C/C=C\CCCCCCCCOC(CO)CN(C)C. The van der Waals surface area contributed by atoms with E-state index in [1.807, 2.05) is 14.1 Å². The average molecular weight is 368 g/mol. The van der Waals surface area contributed by atoms with Crippen molar-refractivity contribution in [2.24, 2.45) is 0 Å². The minimum Gasteiger partial charge on any atom is -0.394 e. The summed E-state index contributed by atoms with van der Waals surface area (Å²) in [4.78, 5) is 2.05. The third-order valence-corrected chi connectivity index (χ3v) is 4.47. The Bertz CT molecular complexity index is 326. The highest BCUT2D eigenvalue weighted by Gasteiger charge is 2.08. The normalized spacial score (nSPS) is 13.4. The van der Waals surface area contributed by atoms with Crippen molar-refractivity contribution in [3.8, 4) is 0 Å². The summed E-state index contributed by atoms with van der Waals surface area (Å²) in [5, 5.41) is 9.25. The number of likely N-dealkylation sites (N-methyl/N-ethyl adjacent to an activating group) is 1. The van der Waals surface area contributed by atoms with Crippen molar-refractivity contribution in [2.75, 3.05) is 33.9 Å². The van der Waals surface area contributed by atoms with Gasteiger partial charge < -0.3 is 14.7 Å².